The van der Waals surface area contributed by atoms with Crippen LogP contribution in [0.3, 0.4) is 0 Å². The predicted molar refractivity (Wildman–Crippen MR) is 136 cm³/mol. The number of carbonyl (C=O) groups excluding carboxylic acids is 2. The smallest absolute Gasteiger partial charge is 0.416 e. The van der Waals surface area contributed by atoms with E-state index in [1.807, 2.05) is 0 Å². The SMILES string of the molecule is C=CCOC(=O)C1=C(C)NC(SCC(=O)Nc2cccc(C(F)(F)F)c2)=C(C#N)[C@@H]1c1ccc(Cl)cc1. The van der Waals surface area contributed by atoms with Gasteiger partial charge in [0.25, 0.3) is 0 Å². The van der Waals surface area contributed by atoms with Crippen molar-refractivity contribution < 1.29 is 27.5 Å². The van der Waals surface area contributed by atoms with Crippen molar-refractivity contribution in [2.75, 3.05) is 17.7 Å². The number of nitrogens with one attached hydrogen (secondary N) is 2. The summed E-state index contributed by atoms with van der Waals surface area (Å²) >= 11 is 7.00. The van der Waals surface area contributed by atoms with Crippen molar-refractivity contribution in [3.05, 3.63) is 99.2 Å². The molecule has 1 aliphatic heterocycles. The largest absolute Gasteiger partial charge is 0.458 e. The molecular weight excluding hydrogens is 527 g/mol. The molecule has 0 saturated carbocycles. The molecule has 1 heterocycles. The van der Waals surface area contributed by atoms with Gasteiger partial charge in [-0.1, -0.05) is 54.2 Å². The zero-order chi connectivity index (χ0) is 27.2. The molecule has 2 aromatic rings. The number of alkyl halides is 3. The van der Waals surface area contributed by atoms with Crippen molar-refractivity contribution in [1.82, 2.24) is 5.32 Å². The highest BCUT2D eigenvalue weighted by Crippen LogP contribution is 2.41. The van der Waals surface area contributed by atoms with Crippen LogP contribution in [0, 0.1) is 11.3 Å². The molecule has 2 N–H and O–H groups in total. The molecule has 2 aromatic carbocycles. The highest BCUT2D eigenvalue weighted by atomic mass is 35.5. The normalized spacial score (nSPS) is 15.5. The maximum atomic E-state index is 13.0. The van der Waals surface area contributed by atoms with Crippen LogP contribution in [0.2, 0.25) is 5.02 Å². The first-order valence-electron chi connectivity index (χ1n) is 10.8. The number of benzene rings is 2. The number of thioether (sulfide) groups is 1. The van der Waals surface area contributed by atoms with Crippen LogP contribution in [0.1, 0.15) is 24.0 Å². The van der Waals surface area contributed by atoms with Crippen LogP contribution in [0.15, 0.2) is 83.1 Å². The highest BCUT2D eigenvalue weighted by molar-refractivity contribution is 8.03. The summed E-state index contributed by atoms with van der Waals surface area (Å²) in [5, 5.41) is 16.3. The number of hydrogen-bond acceptors (Lipinski definition) is 6. The monoisotopic (exact) mass is 547 g/mol. The number of hydrogen-bond donors (Lipinski definition) is 2. The summed E-state index contributed by atoms with van der Waals surface area (Å²) in [7, 11) is 0. The lowest BCUT2D eigenvalue weighted by Crippen LogP contribution is -2.29. The molecule has 6 nitrogen and oxygen atoms in total. The molecule has 1 amide bonds. The van der Waals surface area contributed by atoms with Gasteiger partial charge in [0, 0.05) is 16.4 Å². The topological polar surface area (TPSA) is 91.2 Å². The number of anilines is 1. The van der Waals surface area contributed by atoms with Gasteiger partial charge < -0.3 is 15.4 Å². The summed E-state index contributed by atoms with van der Waals surface area (Å²) in [6.45, 7) is 5.15. The average Bonchev–Trinajstić information content (AvgIpc) is 2.85. The molecule has 0 aromatic heterocycles. The summed E-state index contributed by atoms with van der Waals surface area (Å²) in [6, 6.07) is 13.0. The Morgan fingerprint density at radius 2 is 1.97 bits per heavy atom. The lowest BCUT2D eigenvalue weighted by atomic mass is 9.82. The number of allylic oxidation sites excluding steroid dienone is 2. The van der Waals surface area contributed by atoms with Crippen molar-refractivity contribution in [3.63, 3.8) is 0 Å². The van der Waals surface area contributed by atoms with Crippen molar-refractivity contribution in [1.29, 1.82) is 5.26 Å². The van der Waals surface area contributed by atoms with Gasteiger partial charge in [-0.05, 0) is 42.8 Å². The maximum Gasteiger partial charge on any atom is 0.416 e. The molecule has 11 heteroatoms. The van der Waals surface area contributed by atoms with Crippen LogP contribution in [0.25, 0.3) is 0 Å². The summed E-state index contributed by atoms with van der Waals surface area (Å²) < 4.78 is 44.1. The number of esters is 1. The molecule has 0 aliphatic carbocycles. The third-order valence-electron chi connectivity index (χ3n) is 5.22. The second-order valence-corrected chi connectivity index (χ2v) is 9.23. The van der Waals surface area contributed by atoms with Gasteiger partial charge in [0.1, 0.15) is 6.61 Å². The van der Waals surface area contributed by atoms with E-state index < -0.39 is 29.5 Å². The van der Waals surface area contributed by atoms with E-state index in [9.17, 15) is 28.0 Å². The second kappa shape index (κ2) is 12.0. The van der Waals surface area contributed by atoms with Gasteiger partial charge in [0.05, 0.1) is 39.5 Å². The molecule has 0 unspecified atom stereocenters. The van der Waals surface area contributed by atoms with Crippen molar-refractivity contribution in [2.24, 2.45) is 0 Å². The Hall–Kier alpha value is -3.68. The van der Waals surface area contributed by atoms with Gasteiger partial charge in [-0.2, -0.15) is 18.4 Å². The van der Waals surface area contributed by atoms with Crippen LogP contribution in [-0.4, -0.2) is 24.2 Å². The molecule has 3 rings (SSSR count). The van der Waals surface area contributed by atoms with E-state index in [-0.39, 0.29) is 29.2 Å². The Bertz CT molecular complexity index is 1310. The lowest BCUT2D eigenvalue weighted by Gasteiger charge is -2.29. The number of nitriles is 1. The molecule has 0 saturated heterocycles. The Balaban J connectivity index is 1.87. The lowest BCUT2D eigenvalue weighted by molar-refractivity contribution is -0.138. The fourth-order valence-electron chi connectivity index (χ4n) is 3.61. The van der Waals surface area contributed by atoms with Crippen LogP contribution in [0.5, 0.6) is 0 Å². The second-order valence-electron chi connectivity index (χ2n) is 7.81. The molecule has 37 heavy (non-hydrogen) atoms. The quantitative estimate of drug-likeness (QED) is 0.304. The molecular formula is C26H21ClF3N3O3S. The number of carbonyl (C=O) groups is 2. The number of ether oxygens (including phenoxy) is 1. The third-order valence-corrected chi connectivity index (χ3v) is 6.49. The van der Waals surface area contributed by atoms with Gasteiger partial charge in [-0.15, -0.1) is 0 Å². The predicted octanol–water partition coefficient (Wildman–Crippen LogP) is 6.16. The first-order chi connectivity index (χ1) is 17.5. The van der Waals surface area contributed by atoms with Crippen LogP contribution in [0.4, 0.5) is 18.9 Å². The number of rotatable bonds is 8. The van der Waals surface area contributed by atoms with Crippen molar-refractivity contribution >= 4 is 40.9 Å². The van der Waals surface area contributed by atoms with E-state index in [0.29, 0.717) is 21.3 Å². The Labute approximate surface area is 220 Å². The zero-order valence-electron chi connectivity index (χ0n) is 19.5. The minimum atomic E-state index is -4.54. The minimum Gasteiger partial charge on any atom is -0.458 e. The van der Waals surface area contributed by atoms with E-state index in [1.54, 1.807) is 31.2 Å². The van der Waals surface area contributed by atoms with E-state index in [1.165, 1.54) is 18.2 Å². The Kier molecular flexibility index (Phi) is 9.08. The fraction of sp³-hybridized carbons (Fsp3) is 0.192. The summed E-state index contributed by atoms with van der Waals surface area (Å²) in [5.41, 5.74) is 0.541. The molecule has 192 valence electrons. The van der Waals surface area contributed by atoms with Gasteiger partial charge in [-0.25, -0.2) is 4.79 Å². The fourth-order valence-corrected chi connectivity index (χ4v) is 4.62. The highest BCUT2D eigenvalue weighted by Gasteiger charge is 2.36. The van der Waals surface area contributed by atoms with E-state index >= 15 is 0 Å². The molecule has 0 bridgehead atoms. The number of amides is 1. The van der Waals surface area contributed by atoms with Crippen molar-refractivity contribution in [3.8, 4) is 6.07 Å². The van der Waals surface area contributed by atoms with E-state index in [2.05, 4.69) is 23.3 Å². The number of nitrogens with zero attached hydrogens (tertiary/aromatic N) is 1. The molecule has 1 atom stereocenters. The van der Waals surface area contributed by atoms with Gasteiger partial charge in [0.2, 0.25) is 5.91 Å². The van der Waals surface area contributed by atoms with Crippen LogP contribution < -0.4 is 10.6 Å². The summed E-state index contributed by atoms with van der Waals surface area (Å²) in [4.78, 5) is 25.4. The molecule has 0 radical (unpaired) electrons. The van der Waals surface area contributed by atoms with Gasteiger partial charge in [-0.3, -0.25) is 4.79 Å². The number of dihydropyridines is 1. The van der Waals surface area contributed by atoms with Gasteiger partial charge >= 0.3 is 12.1 Å². The van der Waals surface area contributed by atoms with Crippen molar-refractivity contribution in [2.45, 2.75) is 19.0 Å². The van der Waals surface area contributed by atoms with Crippen LogP contribution in [-0.2, 0) is 20.5 Å². The minimum absolute atomic E-state index is 0.00566. The van der Waals surface area contributed by atoms with E-state index in [0.717, 1.165) is 23.9 Å². The summed E-state index contributed by atoms with van der Waals surface area (Å²) in [6.07, 6.45) is -3.12. The number of halogens is 4. The molecule has 0 fully saturated rings. The maximum absolute atomic E-state index is 13.0. The third kappa shape index (κ3) is 6.96. The molecule has 0 spiro atoms. The zero-order valence-corrected chi connectivity index (χ0v) is 21.1. The van der Waals surface area contributed by atoms with E-state index in [4.69, 9.17) is 16.3 Å². The first-order valence-corrected chi connectivity index (χ1v) is 12.2. The molecule has 1 aliphatic rings. The Morgan fingerprint density at radius 1 is 1.27 bits per heavy atom. The van der Waals surface area contributed by atoms with Crippen LogP contribution >= 0.6 is 23.4 Å². The summed E-state index contributed by atoms with van der Waals surface area (Å²) in [5.74, 6) is -2.21. The average molecular weight is 548 g/mol. The Morgan fingerprint density at radius 3 is 2.59 bits per heavy atom. The first kappa shape index (κ1) is 27.9. The standard InChI is InChI=1S/C26H21ClF3N3O3S/c1-3-11-36-25(35)22-15(2)32-24(20(13-31)23(22)16-7-9-18(27)10-8-16)37-14-21(34)33-19-6-4-5-17(12-19)26(28,29)30/h3-10,12,23,32H,1,11,14H2,2H3,(H,33,34)/t23-/m0/s1. The van der Waals surface area contributed by atoms with Gasteiger partial charge in [0.15, 0.2) is 0 Å².